The topological polar surface area (TPSA) is 55.6 Å². The number of likely N-dealkylation sites (tertiary alicyclic amines) is 1. The van der Waals surface area contributed by atoms with Crippen molar-refractivity contribution in [3.63, 3.8) is 0 Å². The first kappa shape index (κ1) is 13.9. The molecule has 19 heavy (non-hydrogen) atoms. The van der Waals surface area contributed by atoms with Crippen molar-refractivity contribution < 1.29 is 9.53 Å². The maximum Gasteiger partial charge on any atom is 0.254 e. The van der Waals surface area contributed by atoms with Crippen LogP contribution in [-0.4, -0.2) is 36.0 Å². The van der Waals surface area contributed by atoms with Crippen LogP contribution in [0.15, 0.2) is 24.3 Å². The van der Waals surface area contributed by atoms with E-state index < -0.39 is 0 Å². The van der Waals surface area contributed by atoms with Gasteiger partial charge in [0.05, 0.1) is 6.10 Å². The molecule has 104 valence electrons. The Labute approximate surface area is 114 Å². The van der Waals surface area contributed by atoms with Crippen molar-refractivity contribution in [1.82, 2.24) is 4.90 Å². The molecule has 1 amide bonds. The lowest BCUT2D eigenvalue weighted by atomic mass is 10.1. The minimum absolute atomic E-state index is 0.0576. The molecule has 0 spiro atoms. The van der Waals surface area contributed by atoms with E-state index in [1.807, 2.05) is 43.0 Å². The lowest BCUT2D eigenvalue weighted by Crippen LogP contribution is -2.39. The summed E-state index contributed by atoms with van der Waals surface area (Å²) < 4.78 is 5.63. The standard InChI is InChI=1S/C15H22N2O2/c1-11(2)19-14-7-3-5-12(9-14)15(18)17-8-4-6-13(17)10-16/h3,5,7,9,11,13H,4,6,8,10,16H2,1-2H3. The number of nitrogens with zero attached hydrogens (tertiary/aromatic N) is 1. The normalized spacial score (nSPS) is 18.9. The molecule has 1 atom stereocenters. The summed E-state index contributed by atoms with van der Waals surface area (Å²) in [4.78, 5) is 14.4. The molecule has 1 aliphatic heterocycles. The number of hydrogen-bond donors (Lipinski definition) is 1. The van der Waals surface area contributed by atoms with E-state index in [0.29, 0.717) is 12.1 Å². The largest absolute Gasteiger partial charge is 0.491 e. The fourth-order valence-electron chi connectivity index (χ4n) is 2.49. The van der Waals surface area contributed by atoms with Crippen molar-refractivity contribution in [3.05, 3.63) is 29.8 Å². The molecule has 0 aliphatic carbocycles. The highest BCUT2D eigenvalue weighted by molar-refractivity contribution is 5.95. The van der Waals surface area contributed by atoms with Crippen LogP contribution < -0.4 is 10.5 Å². The molecule has 1 unspecified atom stereocenters. The van der Waals surface area contributed by atoms with Crippen LogP contribution in [0.3, 0.4) is 0 Å². The van der Waals surface area contributed by atoms with Crippen molar-refractivity contribution in [3.8, 4) is 5.75 Å². The number of amides is 1. The first-order valence-corrected chi connectivity index (χ1v) is 6.89. The second kappa shape index (κ2) is 6.06. The maximum absolute atomic E-state index is 12.5. The van der Waals surface area contributed by atoms with Gasteiger partial charge >= 0.3 is 0 Å². The van der Waals surface area contributed by atoms with Gasteiger partial charge in [-0.2, -0.15) is 0 Å². The molecule has 2 N–H and O–H groups in total. The van der Waals surface area contributed by atoms with Crippen molar-refractivity contribution in [2.24, 2.45) is 5.73 Å². The molecule has 1 heterocycles. The zero-order valence-corrected chi connectivity index (χ0v) is 11.6. The molecular weight excluding hydrogens is 240 g/mol. The summed E-state index contributed by atoms with van der Waals surface area (Å²) in [6.45, 7) is 5.28. The second-order valence-corrected chi connectivity index (χ2v) is 5.22. The van der Waals surface area contributed by atoms with Crippen LogP contribution >= 0.6 is 0 Å². The molecule has 4 nitrogen and oxygen atoms in total. The Hall–Kier alpha value is -1.55. The SMILES string of the molecule is CC(C)Oc1cccc(C(=O)N2CCCC2CN)c1. The maximum atomic E-state index is 12.5. The first-order chi connectivity index (χ1) is 9.11. The highest BCUT2D eigenvalue weighted by atomic mass is 16.5. The molecule has 2 rings (SSSR count). The van der Waals surface area contributed by atoms with Gasteiger partial charge in [0, 0.05) is 24.7 Å². The first-order valence-electron chi connectivity index (χ1n) is 6.89. The van der Waals surface area contributed by atoms with Gasteiger partial charge in [-0.3, -0.25) is 4.79 Å². The number of rotatable bonds is 4. The second-order valence-electron chi connectivity index (χ2n) is 5.22. The van der Waals surface area contributed by atoms with Crippen molar-refractivity contribution in [2.75, 3.05) is 13.1 Å². The minimum Gasteiger partial charge on any atom is -0.491 e. The fraction of sp³-hybridized carbons (Fsp3) is 0.533. The summed E-state index contributed by atoms with van der Waals surface area (Å²) >= 11 is 0. The minimum atomic E-state index is 0.0576. The van der Waals surface area contributed by atoms with Crippen molar-refractivity contribution in [1.29, 1.82) is 0 Å². The Kier molecular flexibility index (Phi) is 4.43. The molecular formula is C15H22N2O2. The van der Waals surface area contributed by atoms with E-state index in [4.69, 9.17) is 10.5 Å². The molecule has 1 aliphatic rings. The summed E-state index contributed by atoms with van der Waals surface area (Å²) in [6, 6.07) is 7.57. The number of hydrogen-bond acceptors (Lipinski definition) is 3. The Morgan fingerprint density at radius 3 is 3.00 bits per heavy atom. The van der Waals surface area contributed by atoms with Gasteiger partial charge in [0.15, 0.2) is 0 Å². The van der Waals surface area contributed by atoms with Gasteiger partial charge in [0.25, 0.3) is 5.91 Å². The average molecular weight is 262 g/mol. The van der Waals surface area contributed by atoms with Crippen molar-refractivity contribution >= 4 is 5.91 Å². The van der Waals surface area contributed by atoms with E-state index in [1.165, 1.54) is 0 Å². The molecule has 0 saturated carbocycles. The van der Waals surface area contributed by atoms with Crippen LogP contribution in [0, 0.1) is 0 Å². The van der Waals surface area contributed by atoms with E-state index in [1.54, 1.807) is 0 Å². The summed E-state index contributed by atoms with van der Waals surface area (Å²) in [5, 5.41) is 0. The number of benzene rings is 1. The molecule has 0 radical (unpaired) electrons. The number of carbonyl (C=O) groups is 1. The predicted octanol–water partition coefficient (Wildman–Crippen LogP) is 2.04. The molecule has 0 aromatic heterocycles. The Bertz CT molecular complexity index is 446. The fourth-order valence-corrected chi connectivity index (χ4v) is 2.49. The van der Waals surface area contributed by atoms with Gasteiger partial charge in [-0.1, -0.05) is 6.07 Å². The molecule has 1 saturated heterocycles. The van der Waals surface area contributed by atoms with E-state index >= 15 is 0 Å². The monoisotopic (exact) mass is 262 g/mol. The lowest BCUT2D eigenvalue weighted by molar-refractivity contribution is 0.0740. The lowest BCUT2D eigenvalue weighted by Gasteiger charge is -2.23. The summed E-state index contributed by atoms with van der Waals surface area (Å²) in [7, 11) is 0. The third kappa shape index (κ3) is 3.26. The molecule has 1 fully saturated rings. The zero-order valence-electron chi connectivity index (χ0n) is 11.6. The molecule has 4 heteroatoms. The Morgan fingerprint density at radius 1 is 1.53 bits per heavy atom. The Morgan fingerprint density at radius 2 is 2.32 bits per heavy atom. The van der Waals surface area contributed by atoms with Crippen LogP contribution in [0.4, 0.5) is 0 Å². The van der Waals surface area contributed by atoms with E-state index in [0.717, 1.165) is 25.1 Å². The molecule has 0 bridgehead atoms. The Balaban J connectivity index is 2.14. The summed E-state index contributed by atoms with van der Waals surface area (Å²) in [6.07, 6.45) is 2.15. The van der Waals surface area contributed by atoms with Crippen molar-refractivity contribution in [2.45, 2.75) is 38.8 Å². The van der Waals surface area contributed by atoms with Crippen LogP contribution in [0.25, 0.3) is 0 Å². The molecule has 1 aromatic rings. The smallest absolute Gasteiger partial charge is 0.254 e. The van der Waals surface area contributed by atoms with Gasteiger partial charge in [-0.05, 0) is 44.9 Å². The molecule has 1 aromatic carbocycles. The van der Waals surface area contributed by atoms with E-state index in [2.05, 4.69) is 0 Å². The van der Waals surface area contributed by atoms with Gasteiger partial charge in [0.1, 0.15) is 5.75 Å². The quantitative estimate of drug-likeness (QED) is 0.903. The predicted molar refractivity (Wildman–Crippen MR) is 75.3 cm³/mol. The van der Waals surface area contributed by atoms with Crippen LogP contribution in [0.1, 0.15) is 37.0 Å². The van der Waals surface area contributed by atoms with Crippen LogP contribution in [0.2, 0.25) is 0 Å². The van der Waals surface area contributed by atoms with Crippen LogP contribution in [0.5, 0.6) is 5.75 Å². The van der Waals surface area contributed by atoms with E-state index in [-0.39, 0.29) is 18.1 Å². The van der Waals surface area contributed by atoms with Gasteiger partial charge < -0.3 is 15.4 Å². The van der Waals surface area contributed by atoms with Gasteiger partial charge in [0.2, 0.25) is 0 Å². The third-order valence-corrected chi connectivity index (χ3v) is 3.36. The zero-order chi connectivity index (χ0) is 13.8. The highest BCUT2D eigenvalue weighted by Crippen LogP contribution is 2.21. The van der Waals surface area contributed by atoms with E-state index in [9.17, 15) is 4.79 Å². The average Bonchev–Trinajstić information content (AvgIpc) is 2.85. The highest BCUT2D eigenvalue weighted by Gasteiger charge is 2.28. The third-order valence-electron chi connectivity index (χ3n) is 3.36. The van der Waals surface area contributed by atoms with Crippen LogP contribution in [-0.2, 0) is 0 Å². The summed E-state index contributed by atoms with van der Waals surface area (Å²) in [5.41, 5.74) is 6.40. The summed E-state index contributed by atoms with van der Waals surface area (Å²) in [5.74, 6) is 0.798. The number of carbonyl (C=O) groups excluding carboxylic acids is 1. The number of nitrogens with two attached hydrogens (primary N) is 1. The van der Waals surface area contributed by atoms with Gasteiger partial charge in [-0.15, -0.1) is 0 Å². The van der Waals surface area contributed by atoms with Gasteiger partial charge in [-0.25, -0.2) is 0 Å². The number of ether oxygens (including phenoxy) is 1.